The molecular weight excluding hydrogens is 246 g/mol. The maximum atomic E-state index is 12.3. The first kappa shape index (κ1) is 11.6. The Bertz CT molecular complexity index is 617. The summed E-state index contributed by atoms with van der Waals surface area (Å²) in [5.74, 6) is 0.194. The molecule has 0 bridgehead atoms. The Labute approximate surface area is 109 Å². The summed E-state index contributed by atoms with van der Waals surface area (Å²) < 4.78 is 1.69. The molecule has 7 nitrogen and oxygen atoms in total. The van der Waals surface area contributed by atoms with Gasteiger partial charge in [0.1, 0.15) is 12.2 Å². The third kappa shape index (κ3) is 2.03. The first-order chi connectivity index (χ1) is 9.15. The second kappa shape index (κ2) is 4.34. The van der Waals surface area contributed by atoms with Gasteiger partial charge >= 0.3 is 0 Å². The highest BCUT2D eigenvalue weighted by molar-refractivity contribution is 5.95. The van der Waals surface area contributed by atoms with Crippen molar-refractivity contribution in [2.75, 3.05) is 26.7 Å². The summed E-state index contributed by atoms with van der Waals surface area (Å²) in [7, 11) is 1.74. The number of imidazole rings is 1. The zero-order valence-corrected chi connectivity index (χ0v) is 10.5. The van der Waals surface area contributed by atoms with Crippen molar-refractivity contribution >= 4 is 17.6 Å². The average molecular weight is 259 g/mol. The second-order valence-electron chi connectivity index (χ2n) is 4.50. The van der Waals surface area contributed by atoms with E-state index < -0.39 is 0 Å². The van der Waals surface area contributed by atoms with Gasteiger partial charge in [-0.05, 0) is 6.07 Å². The first-order valence-electron chi connectivity index (χ1n) is 5.98. The summed E-state index contributed by atoms with van der Waals surface area (Å²) >= 11 is 0. The van der Waals surface area contributed by atoms with Crippen LogP contribution in [0.3, 0.4) is 0 Å². The van der Waals surface area contributed by atoms with Crippen LogP contribution in [-0.4, -0.2) is 62.7 Å². The molecule has 1 fully saturated rings. The number of carbonyl (C=O) groups is 2. The molecule has 3 rings (SSSR count). The highest BCUT2D eigenvalue weighted by Gasteiger charge is 2.27. The molecule has 3 heterocycles. The van der Waals surface area contributed by atoms with Crippen molar-refractivity contribution in [3.8, 4) is 0 Å². The van der Waals surface area contributed by atoms with Gasteiger partial charge in [0.25, 0.3) is 5.91 Å². The van der Waals surface area contributed by atoms with Gasteiger partial charge in [-0.1, -0.05) is 0 Å². The molecule has 0 N–H and O–H groups in total. The lowest BCUT2D eigenvalue weighted by molar-refractivity contribution is -0.133. The molecule has 0 aromatic carbocycles. The average Bonchev–Trinajstić information content (AvgIpc) is 2.85. The van der Waals surface area contributed by atoms with Crippen LogP contribution in [0.15, 0.2) is 24.7 Å². The predicted octanol–water partition coefficient (Wildman–Crippen LogP) is -0.357. The van der Waals surface area contributed by atoms with Gasteiger partial charge in [0.2, 0.25) is 11.7 Å². The number of hydrogen-bond donors (Lipinski definition) is 0. The van der Waals surface area contributed by atoms with E-state index in [2.05, 4.69) is 9.97 Å². The van der Waals surface area contributed by atoms with Crippen molar-refractivity contribution in [3.63, 3.8) is 0 Å². The molecule has 7 heteroatoms. The molecule has 2 amide bonds. The molecule has 1 aliphatic rings. The fourth-order valence-electron chi connectivity index (χ4n) is 2.03. The lowest BCUT2D eigenvalue weighted by atomic mass is 10.3. The van der Waals surface area contributed by atoms with E-state index >= 15 is 0 Å². The van der Waals surface area contributed by atoms with Crippen LogP contribution >= 0.6 is 0 Å². The highest BCUT2D eigenvalue weighted by atomic mass is 16.2. The van der Waals surface area contributed by atoms with E-state index in [-0.39, 0.29) is 18.4 Å². The smallest absolute Gasteiger partial charge is 0.274 e. The van der Waals surface area contributed by atoms with Crippen molar-refractivity contribution in [1.29, 1.82) is 0 Å². The third-order valence-electron chi connectivity index (χ3n) is 3.20. The fourth-order valence-corrected chi connectivity index (χ4v) is 2.03. The molecule has 19 heavy (non-hydrogen) atoms. The number of piperazine rings is 1. The Kier molecular flexibility index (Phi) is 2.66. The van der Waals surface area contributed by atoms with E-state index in [1.54, 1.807) is 41.0 Å². The van der Waals surface area contributed by atoms with E-state index in [4.69, 9.17) is 0 Å². The maximum Gasteiger partial charge on any atom is 0.274 e. The number of nitrogens with zero attached hydrogens (tertiary/aromatic N) is 5. The largest absolute Gasteiger partial charge is 0.342 e. The van der Waals surface area contributed by atoms with Gasteiger partial charge in [0.05, 0.1) is 0 Å². The first-order valence-corrected chi connectivity index (χ1v) is 5.98. The standard InChI is InChI=1S/C12H13N5O2/c1-15-5-6-16(8-10(15)18)11(19)9-7-17-4-2-3-13-12(17)14-9/h2-4,7H,5-6,8H2,1H3. The predicted molar refractivity (Wildman–Crippen MR) is 66.5 cm³/mol. The van der Waals surface area contributed by atoms with Gasteiger partial charge in [0, 0.05) is 38.7 Å². The van der Waals surface area contributed by atoms with Crippen molar-refractivity contribution in [2.45, 2.75) is 0 Å². The minimum atomic E-state index is -0.230. The van der Waals surface area contributed by atoms with Crippen molar-refractivity contribution in [2.24, 2.45) is 0 Å². The number of amides is 2. The minimum Gasteiger partial charge on any atom is -0.342 e. The molecule has 0 radical (unpaired) electrons. The molecule has 0 saturated carbocycles. The van der Waals surface area contributed by atoms with Crippen molar-refractivity contribution in [1.82, 2.24) is 24.2 Å². The second-order valence-corrected chi connectivity index (χ2v) is 4.50. The lowest BCUT2D eigenvalue weighted by Crippen LogP contribution is -2.50. The number of hydrogen-bond acceptors (Lipinski definition) is 4. The molecule has 1 saturated heterocycles. The Hall–Kier alpha value is -2.44. The van der Waals surface area contributed by atoms with Crippen molar-refractivity contribution in [3.05, 3.63) is 30.4 Å². The normalized spacial score (nSPS) is 16.2. The summed E-state index contributed by atoms with van der Waals surface area (Å²) in [5, 5.41) is 0. The number of carbonyl (C=O) groups excluding carboxylic acids is 2. The quantitative estimate of drug-likeness (QED) is 0.701. The zero-order valence-electron chi connectivity index (χ0n) is 10.5. The van der Waals surface area contributed by atoms with Gasteiger partial charge in [-0.25, -0.2) is 9.97 Å². The van der Waals surface area contributed by atoms with Crippen LogP contribution in [0.4, 0.5) is 0 Å². The van der Waals surface area contributed by atoms with Gasteiger partial charge in [-0.15, -0.1) is 0 Å². The number of rotatable bonds is 1. The lowest BCUT2D eigenvalue weighted by Gasteiger charge is -2.31. The van der Waals surface area contributed by atoms with Gasteiger partial charge in [0.15, 0.2) is 0 Å². The molecule has 2 aromatic heterocycles. The highest BCUT2D eigenvalue weighted by Crippen LogP contribution is 2.09. The zero-order chi connectivity index (χ0) is 13.4. The molecular formula is C12H13N5O2. The number of likely N-dealkylation sites (N-methyl/N-ethyl adjacent to an activating group) is 1. The summed E-state index contributed by atoms with van der Waals surface area (Å²) in [6.45, 7) is 1.19. The third-order valence-corrected chi connectivity index (χ3v) is 3.20. The summed E-state index contributed by atoms with van der Waals surface area (Å²) in [6, 6.07) is 1.77. The van der Waals surface area contributed by atoms with E-state index in [9.17, 15) is 9.59 Å². The molecule has 0 atom stereocenters. The molecule has 98 valence electrons. The van der Waals surface area contributed by atoms with Crippen LogP contribution in [0.5, 0.6) is 0 Å². The number of fused-ring (bicyclic) bond motifs is 1. The Morgan fingerprint density at radius 3 is 2.95 bits per heavy atom. The van der Waals surface area contributed by atoms with Crippen LogP contribution in [-0.2, 0) is 4.79 Å². The van der Waals surface area contributed by atoms with Crippen LogP contribution in [0, 0.1) is 0 Å². The summed E-state index contributed by atoms with van der Waals surface area (Å²) in [4.78, 5) is 35.2. The maximum absolute atomic E-state index is 12.3. The van der Waals surface area contributed by atoms with Crippen LogP contribution in [0.1, 0.15) is 10.5 Å². The molecule has 2 aromatic rings. The summed E-state index contributed by atoms with van der Waals surface area (Å²) in [6.07, 6.45) is 5.03. The molecule has 1 aliphatic heterocycles. The molecule has 0 spiro atoms. The van der Waals surface area contributed by atoms with Crippen molar-refractivity contribution < 1.29 is 9.59 Å². The summed E-state index contributed by atoms with van der Waals surface area (Å²) in [5.41, 5.74) is 0.316. The topological polar surface area (TPSA) is 70.8 Å². The SMILES string of the molecule is CN1CCN(C(=O)c2cn3cccnc3n2)CC1=O. The Balaban J connectivity index is 1.85. The van der Waals surface area contributed by atoms with Gasteiger partial charge in [-0.2, -0.15) is 0 Å². The Morgan fingerprint density at radius 2 is 2.21 bits per heavy atom. The van der Waals surface area contributed by atoms with E-state index in [0.717, 1.165) is 0 Å². The van der Waals surface area contributed by atoms with E-state index in [1.165, 1.54) is 4.90 Å². The molecule has 0 unspecified atom stereocenters. The minimum absolute atomic E-state index is 0.0542. The Morgan fingerprint density at radius 1 is 1.37 bits per heavy atom. The molecule has 0 aliphatic carbocycles. The van der Waals surface area contributed by atoms with Gasteiger partial charge in [-0.3, -0.25) is 14.0 Å². The monoisotopic (exact) mass is 259 g/mol. The fraction of sp³-hybridized carbons (Fsp3) is 0.333. The van der Waals surface area contributed by atoms with Crippen LogP contribution in [0.2, 0.25) is 0 Å². The van der Waals surface area contributed by atoms with E-state index in [1.807, 2.05) is 0 Å². The van der Waals surface area contributed by atoms with E-state index in [0.29, 0.717) is 24.6 Å². The van der Waals surface area contributed by atoms with Crippen LogP contribution < -0.4 is 0 Å². The van der Waals surface area contributed by atoms with Crippen LogP contribution in [0.25, 0.3) is 5.78 Å². The van der Waals surface area contributed by atoms with Gasteiger partial charge < -0.3 is 9.80 Å². The number of aromatic nitrogens is 3.